The highest BCUT2D eigenvalue weighted by atomic mass is 16.5. The van der Waals surface area contributed by atoms with E-state index in [9.17, 15) is 4.79 Å². The highest BCUT2D eigenvalue weighted by Gasteiger charge is 2.56. The zero-order valence-corrected chi connectivity index (χ0v) is 15.9. The molecule has 0 atom stereocenters. The molecule has 2 aliphatic rings. The van der Waals surface area contributed by atoms with Gasteiger partial charge < -0.3 is 19.3 Å². The van der Waals surface area contributed by atoms with Gasteiger partial charge in [0.15, 0.2) is 0 Å². The highest BCUT2D eigenvalue weighted by molar-refractivity contribution is 5.66. The normalized spacial score (nSPS) is 25.7. The Morgan fingerprint density at radius 1 is 0.893 bits per heavy atom. The summed E-state index contributed by atoms with van der Waals surface area (Å²) in [6.45, 7) is 0.771. The van der Waals surface area contributed by atoms with Crippen LogP contribution < -0.4 is 4.74 Å². The van der Waals surface area contributed by atoms with Crippen molar-refractivity contribution < 1.29 is 24.1 Å². The van der Waals surface area contributed by atoms with E-state index in [1.165, 1.54) is 0 Å². The summed E-state index contributed by atoms with van der Waals surface area (Å²) in [7, 11) is 0. The van der Waals surface area contributed by atoms with Crippen LogP contribution in [0.25, 0.3) is 0 Å². The molecule has 0 heterocycles. The van der Waals surface area contributed by atoms with E-state index in [-0.39, 0.29) is 24.2 Å². The van der Waals surface area contributed by atoms with Crippen molar-refractivity contribution in [3.05, 3.63) is 60.2 Å². The Morgan fingerprint density at radius 3 is 2.25 bits per heavy atom. The molecule has 0 unspecified atom stereocenters. The summed E-state index contributed by atoms with van der Waals surface area (Å²) in [5, 5.41) is 8.83. The van der Waals surface area contributed by atoms with E-state index < -0.39 is 5.97 Å². The van der Waals surface area contributed by atoms with Crippen molar-refractivity contribution >= 4 is 5.97 Å². The molecule has 5 heteroatoms. The van der Waals surface area contributed by atoms with Crippen LogP contribution >= 0.6 is 0 Å². The summed E-state index contributed by atoms with van der Waals surface area (Å²) < 4.78 is 18.4. The molecule has 28 heavy (non-hydrogen) atoms. The van der Waals surface area contributed by atoms with Gasteiger partial charge in [-0.05, 0) is 43.9 Å². The smallest absolute Gasteiger partial charge is 0.305 e. The first-order valence-corrected chi connectivity index (χ1v) is 9.89. The van der Waals surface area contributed by atoms with Crippen molar-refractivity contribution in [3.8, 4) is 11.5 Å². The second-order valence-electron chi connectivity index (χ2n) is 7.85. The van der Waals surface area contributed by atoms with E-state index in [0.717, 1.165) is 49.2 Å². The van der Waals surface area contributed by atoms with Crippen LogP contribution in [0, 0.1) is 0 Å². The van der Waals surface area contributed by atoms with E-state index in [4.69, 9.17) is 19.3 Å². The lowest BCUT2D eigenvalue weighted by atomic mass is 9.95. The van der Waals surface area contributed by atoms with Gasteiger partial charge in [0.25, 0.3) is 0 Å². The molecule has 2 saturated carbocycles. The van der Waals surface area contributed by atoms with Gasteiger partial charge in [0.2, 0.25) is 0 Å². The number of hydrogen-bond acceptors (Lipinski definition) is 4. The Hall–Kier alpha value is -2.37. The largest absolute Gasteiger partial charge is 0.481 e. The summed E-state index contributed by atoms with van der Waals surface area (Å²) in [4.78, 5) is 10.7. The molecule has 0 radical (unpaired) electrons. The third kappa shape index (κ3) is 4.21. The average molecular weight is 382 g/mol. The van der Waals surface area contributed by atoms with E-state index in [2.05, 4.69) is 0 Å². The fourth-order valence-corrected chi connectivity index (χ4v) is 4.42. The van der Waals surface area contributed by atoms with Gasteiger partial charge in [-0.1, -0.05) is 36.4 Å². The molecule has 0 aromatic heterocycles. The Labute approximate surface area is 165 Å². The first-order valence-electron chi connectivity index (χ1n) is 9.89. The minimum Gasteiger partial charge on any atom is -0.481 e. The van der Waals surface area contributed by atoms with Crippen LogP contribution in [0.3, 0.4) is 0 Å². The Morgan fingerprint density at radius 2 is 1.54 bits per heavy atom. The molecule has 2 fully saturated rings. The quantitative estimate of drug-likeness (QED) is 0.665. The zero-order valence-electron chi connectivity index (χ0n) is 15.9. The SMILES string of the molecule is O=C(O)CCOC12CCC(OCc3ccccc3Oc3ccccc3)(CC1)C2. The van der Waals surface area contributed by atoms with E-state index >= 15 is 0 Å². The van der Waals surface area contributed by atoms with Crippen LogP contribution in [-0.4, -0.2) is 28.9 Å². The molecule has 0 amide bonds. The molecule has 5 nitrogen and oxygen atoms in total. The molecule has 2 aromatic rings. The van der Waals surface area contributed by atoms with Gasteiger partial charge in [-0.25, -0.2) is 0 Å². The summed E-state index contributed by atoms with van der Waals surface area (Å²) in [5.41, 5.74) is 0.662. The van der Waals surface area contributed by atoms with Crippen molar-refractivity contribution in [3.63, 3.8) is 0 Å². The molecule has 2 aromatic carbocycles. The minimum absolute atomic E-state index is 0.0554. The van der Waals surface area contributed by atoms with E-state index in [0.29, 0.717) is 6.61 Å². The van der Waals surface area contributed by atoms with Gasteiger partial charge in [-0.15, -0.1) is 0 Å². The van der Waals surface area contributed by atoms with Crippen molar-refractivity contribution in [2.24, 2.45) is 0 Å². The third-order valence-electron chi connectivity index (χ3n) is 5.92. The second-order valence-corrected chi connectivity index (χ2v) is 7.85. The average Bonchev–Trinajstić information content (AvgIpc) is 3.24. The number of fused-ring (bicyclic) bond motifs is 2. The van der Waals surface area contributed by atoms with Crippen LogP contribution in [0.15, 0.2) is 54.6 Å². The standard InChI is InChI=1S/C23H26O5/c24-21(25)10-15-26-22-11-13-23(17-22,14-12-22)27-16-18-6-4-5-9-20(18)28-19-7-2-1-3-8-19/h1-9H,10-17H2,(H,24,25). The lowest BCUT2D eigenvalue weighted by Gasteiger charge is -2.28. The third-order valence-corrected chi connectivity index (χ3v) is 5.92. The van der Waals surface area contributed by atoms with E-state index in [1.54, 1.807) is 0 Å². The number of hydrogen-bond donors (Lipinski definition) is 1. The summed E-state index contributed by atoms with van der Waals surface area (Å²) in [5.74, 6) is 0.802. The molecule has 1 N–H and O–H groups in total. The van der Waals surface area contributed by atoms with Crippen LogP contribution in [0.1, 0.15) is 44.1 Å². The van der Waals surface area contributed by atoms with Gasteiger partial charge in [-0.3, -0.25) is 4.79 Å². The fraction of sp³-hybridized carbons (Fsp3) is 0.435. The predicted molar refractivity (Wildman–Crippen MR) is 104 cm³/mol. The van der Waals surface area contributed by atoms with Crippen LogP contribution in [-0.2, 0) is 20.9 Å². The number of carbonyl (C=O) groups is 1. The second kappa shape index (κ2) is 7.94. The monoisotopic (exact) mass is 382 g/mol. The number of para-hydroxylation sites is 2. The first kappa shape index (κ1) is 19.0. The van der Waals surface area contributed by atoms with Gasteiger partial charge in [0.05, 0.1) is 30.8 Å². The Bertz CT molecular complexity index is 809. The van der Waals surface area contributed by atoms with Crippen LogP contribution in [0.2, 0.25) is 0 Å². The van der Waals surface area contributed by atoms with Crippen molar-refractivity contribution in [2.45, 2.75) is 56.3 Å². The molecular formula is C23H26O5. The lowest BCUT2D eigenvalue weighted by Crippen LogP contribution is -2.27. The van der Waals surface area contributed by atoms with Gasteiger partial charge >= 0.3 is 5.97 Å². The zero-order chi connectivity index (χ0) is 19.5. The first-order chi connectivity index (χ1) is 13.6. The van der Waals surface area contributed by atoms with Crippen LogP contribution in [0.4, 0.5) is 0 Å². The number of ether oxygens (including phenoxy) is 3. The maximum atomic E-state index is 10.7. The van der Waals surface area contributed by atoms with E-state index in [1.807, 2.05) is 54.6 Å². The number of rotatable bonds is 9. The Balaban J connectivity index is 1.37. The summed E-state index contributed by atoms with van der Waals surface area (Å²) in [6.07, 6.45) is 4.70. The van der Waals surface area contributed by atoms with Gasteiger partial charge in [0, 0.05) is 12.0 Å². The molecular weight excluding hydrogens is 356 g/mol. The molecule has 0 spiro atoms. The minimum atomic E-state index is -0.815. The van der Waals surface area contributed by atoms with Gasteiger partial charge in [-0.2, -0.15) is 0 Å². The molecule has 0 aliphatic heterocycles. The maximum absolute atomic E-state index is 10.7. The molecule has 148 valence electrons. The van der Waals surface area contributed by atoms with Crippen molar-refractivity contribution in [1.82, 2.24) is 0 Å². The summed E-state index contributed by atoms with van der Waals surface area (Å²) in [6, 6.07) is 17.7. The number of benzene rings is 2. The fourth-order valence-electron chi connectivity index (χ4n) is 4.42. The predicted octanol–water partition coefficient (Wildman–Crippen LogP) is 4.94. The summed E-state index contributed by atoms with van der Waals surface area (Å²) >= 11 is 0. The van der Waals surface area contributed by atoms with Crippen molar-refractivity contribution in [1.29, 1.82) is 0 Å². The maximum Gasteiger partial charge on any atom is 0.305 e. The lowest BCUT2D eigenvalue weighted by molar-refractivity contribution is -0.140. The molecule has 0 saturated heterocycles. The van der Waals surface area contributed by atoms with Crippen LogP contribution in [0.5, 0.6) is 11.5 Å². The highest BCUT2D eigenvalue weighted by Crippen LogP contribution is 2.55. The Kier molecular flexibility index (Phi) is 5.38. The number of aliphatic carboxylic acids is 1. The topological polar surface area (TPSA) is 65.0 Å². The number of carboxylic acids is 1. The molecule has 2 bridgehead atoms. The van der Waals surface area contributed by atoms with Crippen molar-refractivity contribution in [2.75, 3.05) is 6.61 Å². The number of carboxylic acid groups (broad SMARTS) is 1. The molecule has 4 rings (SSSR count). The van der Waals surface area contributed by atoms with Gasteiger partial charge in [0.1, 0.15) is 11.5 Å². The molecule has 2 aliphatic carbocycles.